The second kappa shape index (κ2) is 8.90. The number of benzene rings is 1. The largest absolute Gasteiger partial charge is 0.491 e. The van der Waals surface area contributed by atoms with Crippen molar-refractivity contribution >= 4 is 5.96 Å². The highest BCUT2D eigenvalue weighted by molar-refractivity contribution is 5.80. The van der Waals surface area contributed by atoms with Gasteiger partial charge in [-0.2, -0.15) is 5.10 Å². The lowest BCUT2D eigenvalue weighted by Crippen LogP contribution is -2.48. The number of para-hydroxylation sites is 1. The third kappa shape index (κ3) is 4.80. The SMILES string of the molecule is CN=C(NCCOc1c(C)cccc1C)N1CCOC(c2cnn(C)c2)C1. The third-order valence-electron chi connectivity index (χ3n) is 4.71. The molecule has 146 valence electrons. The number of nitrogens with zero attached hydrogens (tertiary/aromatic N) is 4. The summed E-state index contributed by atoms with van der Waals surface area (Å²) in [4.78, 5) is 6.65. The average molecular weight is 371 g/mol. The van der Waals surface area contributed by atoms with Gasteiger partial charge in [0.2, 0.25) is 0 Å². The summed E-state index contributed by atoms with van der Waals surface area (Å²) >= 11 is 0. The number of aliphatic imine (C=N–C) groups is 1. The van der Waals surface area contributed by atoms with Gasteiger partial charge in [-0.25, -0.2) is 0 Å². The number of aromatic nitrogens is 2. The Morgan fingerprint density at radius 3 is 2.81 bits per heavy atom. The van der Waals surface area contributed by atoms with E-state index >= 15 is 0 Å². The van der Waals surface area contributed by atoms with E-state index in [2.05, 4.69) is 52.4 Å². The molecule has 0 radical (unpaired) electrons. The lowest BCUT2D eigenvalue weighted by atomic mass is 10.1. The molecule has 1 unspecified atom stereocenters. The number of ether oxygens (including phenoxy) is 2. The third-order valence-corrected chi connectivity index (χ3v) is 4.71. The van der Waals surface area contributed by atoms with Crippen molar-refractivity contribution in [2.75, 3.05) is 39.9 Å². The number of morpholine rings is 1. The number of guanidine groups is 1. The lowest BCUT2D eigenvalue weighted by Gasteiger charge is -2.34. The molecule has 1 aromatic carbocycles. The van der Waals surface area contributed by atoms with Gasteiger partial charge in [0.15, 0.2) is 5.96 Å². The predicted molar refractivity (Wildman–Crippen MR) is 106 cm³/mol. The zero-order valence-electron chi connectivity index (χ0n) is 16.6. The normalized spacial score (nSPS) is 17.9. The van der Waals surface area contributed by atoms with Gasteiger partial charge in [-0.05, 0) is 25.0 Å². The topological polar surface area (TPSA) is 63.9 Å². The van der Waals surface area contributed by atoms with Gasteiger partial charge in [-0.15, -0.1) is 0 Å². The molecule has 2 aromatic rings. The van der Waals surface area contributed by atoms with Crippen LogP contribution in [0.15, 0.2) is 35.6 Å². The number of nitrogens with one attached hydrogen (secondary N) is 1. The minimum atomic E-state index is 0.0110. The molecule has 1 N–H and O–H groups in total. The summed E-state index contributed by atoms with van der Waals surface area (Å²) in [6.07, 6.45) is 3.88. The van der Waals surface area contributed by atoms with Gasteiger partial charge in [0, 0.05) is 32.4 Å². The molecule has 1 fully saturated rings. The highest BCUT2D eigenvalue weighted by Crippen LogP contribution is 2.22. The van der Waals surface area contributed by atoms with E-state index in [9.17, 15) is 0 Å². The van der Waals surface area contributed by atoms with Crippen molar-refractivity contribution in [1.82, 2.24) is 20.0 Å². The number of rotatable bonds is 5. The monoisotopic (exact) mass is 371 g/mol. The van der Waals surface area contributed by atoms with E-state index in [1.54, 1.807) is 4.68 Å². The molecule has 0 aliphatic carbocycles. The van der Waals surface area contributed by atoms with Crippen molar-refractivity contribution in [2.45, 2.75) is 20.0 Å². The van der Waals surface area contributed by atoms with Crippen molar-refractivity contribution in [1.29, 1.82) is 0 Å². The molecule has 7 heteroatoms. The van der Waals surface area contributed by atoms with Crippen LogP contribution in [-0.2, 0) is 11.8 Å². The first kappa shape index (κ1) is 19.2. The molecule has 1 aromatic heterocycles. The van der Waals surface area contributed by atoms with Crippen LogP contribution in [0.1, 0.15) is 22.8 Å². The minimum absolute atomic E-state index is 0.0110. The first-order valence-electron chi connectivity index (χ1n) is 9.33. The van der Waals surface area contributed by atoms with E-state index in [4.69, 9.17) is 9.47 Å². The maximum absolute atomic E-state index is 5.97. The van der Waals surface area contributed by atoms with Crippen LogP contribution in [0.2, 0.25) is 0 Å². The van der Waals surface area contributed by atoms with Crippen molar-refractivity contribution < 1.29 is 9.47 Å². The smallest absolute Gasteiger partial charge is 0.193 e. The maximum Gasteiger partial charge on any atom is 0.193 e. The molecule has 3 rings (SSSR count). The minimum Gasteiger partial charge on any atom is -0.491 e. The van der Waals surface area contributed by atoms with E-state index in [-0.39, 0.29) is 6.10 Å². The zero-order valence-corrected chi connectivity index (χ0v) is 16.6. The van der Waals surface area contributed by atoms with Gasteiger partial charge in [0.1, 0.15) is 18.5 Å². The van der Waals surface area contributed by atoms with Crippen LogP contribution in [0.25, 0.3) is 0 Å². The summed E-state index contributed by atoms with van der Waals surface area (Å²) in [5, 5.41) is 7.64. The average Bonchev–Trinajstić information content (AvgIpc) is 3.10. The van der Waals surface area contributed by atoms with Crippen molar-refractivity contribution in [3.63, 3.8) is 0 Å². The quantitative estimate of drug-likeness (QED) is 0.495. The highest BCUT2D eigenvalue weighted by atomic mass is 16.5. The van der Waals surface area contributed by atoms with E-state index in [1.807, 2.05) is 26.5 Å². The second-order valence-electron chi connectivity index (χ2n) is 6.80. The summed E-state index contributed by atoms with van der Waals surface area (Å²) < 4.78 is 13.7. The summed E-state index contributed by atoms with van der Waals surface area (Å²) in [5.74, 6) is 1.84. The molecule has 0 amide bonds. The van der Waals surface area contributed by atoms with Gasteiger partial charge < -0.3 is 19.7 Å². The van der Waals surface area contributed by atoms with Gasteiger partial charge in [-0.1, -0.05) is 18.2 Å². The summed E-state index contributed by atoms with van der Waals surface area (Å²) in [6.45, 7) is 7.65. The lowest BCUT2D eigenvalue weighted by molar-refractivity contribution is -0.00805. The van der Waals surface area contributed by atoms with Gasteiger partial charge in [0.05, 0.1) is 25.9 Å². The van der Waals surface area contributed by atoms with Crippen LogP contribution in [-0.4, -0.2) is 60.5 Å². The standard InChI is InChI=1S/C20H29N5O2/c1-15-6-5-7-16(2)19(15)27-10-8-22-20(21-3)25-9-11-26-18(14-25)17-12-23-24(4)13-17/h5-7,12-13,18H,8-11,14H2,1-4H3,(H,21,22). The fraction of sp³-hybridized carbons (Fsp3) is 0.500. The van der Waals surface area contributed by atoms with Gasteiger partial charge in [-0.3, -0.25) is 9.67 Å². The summed E-state index contributed by atoms with van der Waals surface area (Å²) in [6, 6.07) is 6.19. The summed E-state index contributed by atoms with van der Waals surface area (Å²) in [5.41, 5.74) is 3.41. The van der Waals surface area contributed by atoms with Crippen molar-refractivity contribution in [2.24, 2.45) is 12.0 Å². The Labute approximate surface area is 161 Å². The molecule has 0 spiro atoms. The van der Waals surface area contributed by atoms with Crippen LogP contribution < -0.4 is 10.1 Å². The fourth-order valence-corrected chi connectivity index (χ4v) is 3.32. The number of hydrogen-bond acceptors (Lipinski definition) is 4. The molecule has 1 aliphatic heterocycles. The number of aryl methyl sites for hydroxylation is 3. The Balaban J connectivity index is 1.51. The van der Waals surface area contributed by atoms with Gasteiger partial charge in [0.25, 0.3) is 0 Å². The molecule has 1 aliphatic rings. The first-order chi connectivity index (χ1) is 13.1. The zero-order chi connectivity index (χ0) is 19.2. The molecule has 0 bridgehead atoms. The second-order valence-corrected chi connectivity index (χ2v) is 6.80. The molecule has 2 heterocycles. The highest BCUT2D eigenvalue weighted by Gasteiger charge is 2.25. The van der Waals surface area contributed by atoms with E-state index < -0.39 is 0 Å². The van der Waals surface area contributed by atoms with Crippen LogP contribution in [0.5, 0.6) is 5.75 Å². The predicted octanol–water partition coefficient (Wildman–Crippen LogP) is 2.06. The van der Waals surface area contributed by atoms with Crippen molar-refractivity contribution in [3.05, 3.63) is 47.3 Å². The molecule has 0 saturated carbocycles. The van der Waals surface area contributed by atoms with Crippen LogP contribution in [0, 0.1) is 13.8 Å². The van der Waals surface area contributed by atoms with E-state index in [0.29, 0.717) is 19.8 Å². The molecular formula is C20H29N5O2. The van der Waals surface area contributed by atoms with Crippen LogP contribution in [0.3, 0.4) is 0 Å². The maximum atomic E-state index is 5.97. The van der Waals surface area contributed by atoms with Gasteiger partial charge >= 0.3 is 0 Å². The van der Waals surface area contributed by atoms with Crippen LogP contribution >= 0.6 is 0 Å². The molecule has 1 saturated heterocycles. The van der Waals surface area contributed by atoms with E-state index in [1.165, 1.54) is 0 Å². The first-order valence-corrected chi connectivity index (χ1v) is 9.33. The Hall–Kier alpha value is -2.54. The Morgan fingerprint density at radius 1 is 1.37 bits per heavy atom. The molecule has 27 heavy (non-hydrogen) atoms. The fourth-order valence-electron chi connectivity index (χ4n) is 3.32. The Bertz CT molecular complexity index is 766. The Morgan fingerprint density at radius 2 is 2.15 bits per heavy atom. The Kier molecular flexibility index (Phi) is 6.34. The van der Waals surface area contributed by atoms with E-state index in [0.717, 1.165) is 41.5 Å². The van der Waals surface area contributed by atoms with Crippen molar-refractivity contribution in [3.8, 4) is 5.75 Å². The van der Waals surface area contributed by atoms with Crippen LogP contribution in [0.4, 0.5) is 0 Å². The summed E-state index contributed by atoms with van der Waals surface area (Å²) in [7, 11) is 3.73. The number of hydrogen-bond donors (Lipinski definition) is 1. The molecular weight excluding hydrogens is 342 g/mol. The molecule has 1 atom stereocenters. The molecule has 7 nitrogen and oxygen atoms in total.